The second-order valence-corrected chi connectivity index (χ2v) is 8.19. The van der Waals surface area contributed by atoms with Gasteiger partial charge in [-0.1, -0.05) is 54.8 Å². The molecule has 0 aliphatic carbocycles. The van der Waals surface area contributed by atoms with E-state index in [2.05, 4.69) is 16.3 Å². The van der Waals surface area contributed by atoms with E-state index in [1.807, 2.05) is 50.2 Å². The minimum atomic E-state index is -0.113. The first-order valence-electron chi connectivity index (χ1n) is 10.5. The summed E-state index contributed by atoms with van der Waals surface area (Å²) in [5, 5.41) is 3.82. The summed E-state index contributed by atoms with van der Waals surface area (Å²) in [5.74, 6) is 0.646. The van der Waals surface area contributed by atoms with Crippen LogP contribution in [0.25, 0.3) is 0 Å². The Labute approximate surface area is 191 Å². The van der Waals surface area contributed by atoms with Crippen LogP contribution >= 0.6 is 24.0 Å². The molecule has 2 aromatic carbocycles. The van der Waals surface area contributed by atoms with Gasteiger partial charge in [-0.05, 0) is 68.6 Å². The Morgan fingerprint density at radius 1 is 1.07 bits per heavy atom. The van der Waals surface area contributed by atoms with Crippen molar-refractivity contribution in [3.8, 4) is 5.75 Å². The Balaban J connectivity index is 0.00000320. The fourth-order valence-electron chi connectivity index (χ4n) is 3.87. The van der Waals surface area contributed by atoms with Crippen LogP contribution < -0.4 is 10.1 Å². The Hall–Kier alpha value is -1.75. The van der Waals surface area contributed by atoms with Gasteiger partial charge in [0.15, 0.2) is 6.61 Å². The summed E-state index contributed by atoms with van der Waals surface area (Å²) in [6.45, 7) is 6.65. The minimum absolute atomic E-state index is 0. The van der Waals surface area contributed by atoms with Crippen molar-refractivity contribution in [2.45, 2.75) is 45.6 Å². The maximum atomic E-state index is 12.5. The number of aryl methyl sites for hydroxylation is 1. The zero-order chi connectivity index (χ0) is 20.6. The maximum absolute atomic E-state index is 12.5. The van der Waals surface area contributed by atoms with Crippen molar-refractivity contribution in [1.29, 1.82) is 0 Å². The highest BCUT2D eigenvalue weighted by molar-refractivity contribution is 6.31. The smallest absolute Gasteiger partial charge is 0.258 e. The Morgan fingerprint density at radius 3 is 2.47 bits per heavy atom. The number of benzene rings is 2. The number of likely N-dealkylation sites (tertiary alicyclic amines) is 1. The van der Waals surface area contributed by atoms with Crippen molar-refractivity contribution < 1.29 is 9.53 Å². The molecule has 3 rings (SSSR count). The SMILES string of the molecule is Cc1cccc(OCC(=O)NCC(c2ccccc2Cl)N2CCCCCC2)c1C.Cl. The average Bonchev–Trinajstić information content (AvgIpc) is 3.00. The Kier molecular flexibility index (Phi) is 9.96. The first kappa shape index (κ1) is 24.5. The van der Waals surface area contributed by atoms with E-state index in [0.717, 1.165) is 40.6 Å². The van der Waals surface area contributed by atoms with Crippen LogP contribution in [0, 0.1) is 13.8 Å². The summed E-state index contributed by atoms with van der Waals surface area (Å²) >= 11 is 6.50. The molecule has 2 aromatic rings. The lowest BCUT2D eigenvalue weighted by Crippen LogP contribution is -2.40. The number of nitrogens with one attached hydrogen (secondary N) is 1. The largest absolute Gasteiger partial charge is 0.483 e. The minimum Gasteiger partial charge on any atom is -0.483 e. The van der Waals surface area contributed by atoms with Gasteiger partial charge in [0.1, 0.15) is 5.75 Å². The summed E-state index contributed by atoms with van der Waals surface area (Å²) in [6.07, 6.45) is 4.90. The number of hydrogen-bond acceptors (Lipinski definition) is 3. The lowest BCUT2D eigenvalue weighted by molar-refractivity contribution is -0.123. The van der Waals surface area contributed by atoms with Gasteiger partial charge in [-0.3, -0.25) is 9.69 Å². The topological polar surface area (TPSA) is 41.6 Å². The van der Waals surface area contributed by atoms with Crippen molar-refractivity contribution in [3.05, 3.63) is 64.2 Å². The second kappa shape index (κ2) is 12.2. The number of ether oxygens (including phenoxy) is 1. The van der Waals surface area contributed by atoms with Crippen LogP contribution in [-0.4, -0.2) is 37.0 Å². The third kappa shape index (κ3) is 6.63. The molecule has 1 aliphatic rings. The van der Waals surface area contributed by atoms with Crippen LogP contribution in [0.2, 0.25) is 5.02 Å². The van der Waals surface area contributed by atoms with E-state index in [1.165, 1.54) is 25.7 Å². The molecule has 164 valence electrons. The Bertz CT molecular complexity index is 821. The molecule has 1 fully saturated rings. The van der Waals surface area contributed by atoms with Crippen LogP contribution in [0.5, 0.6) is 5.75 Å². The Morgan fingerprint density at radius 2 is 1.77 bits per heavy atom. The van der Waals surface area contributed by atoms with E-state index in [4.69, 9.17) is 16.3 Å². The van der Waals surface area contributed by atoms with Crippen LogP contribution in [-0.2, 0) is 4.79 Å². The van der Waals surface area contributed by atoms with Gasteiger partial charge in [-0.2, -0.15) is 0 Å². The number of carbonyl (C=O) groups excluding carboxylic acids is 1. The standard InChI is InChI=1S/C24H31ClN2O2.ClH/c1-18-10-9-13-23(19(18)2)29-17-24(28)26-16-22(20-11-5-6-12-21(20)25)27-14-7-3-4-8-15-27;/h5-6,9-13,22H,3-4,7-8,14-17H2,1-2H3,(H,26,28);1H. The molecule has 1 atom stereocenters. The van der Waals surface area contributed by atoms with E-state index in [9.17, 15) is 4.79 Å². The molecule has 0 radical (unpaired) electrons. The van der Waals surface area contributed by atoms with Gasteiger partial charge in [0.25, 0.3) is 5.91 Å². The highest BCUT2D eigenvalue weighted by atomic mass is 35.5. The van der Waals surface area contributed by atoms with Gasteiger partial charge in [0.05, 0.1) is 6.04 Å². The zero-order valence-electron chi connectivity index (χ0n) is 17.8. The molecule has 0 aromatic heterocycles. The van der Waals surface area contributed by atoms with Gasteiger partial charge in [0, 0.05) is 11.6 Å². The normalized spacial score (nSPS) is 15.6. The highest BCUT2D eigenvalue weighted by Crippen LogP contribution is 2.29. The van der Waals surface area contributed by atoms with Gasteiger partial charge >= 0.3 is 0 Å². The zero-order valence-corrected chi connectivity index (χ0v) is 19.4. The fraction of sp³-hybridized carbons (Fsp3) is 0.458. The molecule has 1 amide bonds. The molecule has 0 saturated carbocycles. The second-order valence-electron chi connectivity index (χ2n) is 7.78. The number of nitrogens with zero attached hydrogens (tertiary/aromatic N) is 1. The fourth-order valence-corrected chi connectivity index (χ4v) is 4.13. The summed E-state index contributed by atoms with van der Waals surface area (Å²) in [4.78, 5) is 15.0. The molecule has 4 nitrogen and oxygen atoms in total. The van der Waals surface area contributed by atoms with E-state index < -0.39 is 0 Å². The molecule has 1 saturated heterocycles. The molecule has 0 bridgehead atoms. The van der Waals surface area contributed by atoms with Gasteiger partial charge in [0.2, 0.25) is 0 Å². The summed E-state index contributed by atoms with van der Waals surface area (Å²) < 4.78 is 5.75. The van der Waals surface area contributed by atoms with E-state index in [1.54, 1.807) is 0 Å². The number of carbonyl (C=O) groups is 1. The van der Waals surface area contributed by atoms with Crippen LogP contribution in [0.1, 0.15) is 48.4 Å². The predicted octanol–water partition coefficient (Wildman–Crippen LogP) is 5.49. The first-order valence-corrected chi connectivity index (χ1v) is 10.9. The predicted molar refractivity (Wildman–Crippen MR) is 126 cm³/mol. The van der Waals surface area contributed by atoms with Crippen LogP contribution in [0.15, 0.2) is 42.5 Å². The summed E-state index contributed by atoms with van der Waals surface area (Å²) in [6, 6.07) is 13.9. The molecule has 1 aliphatic heterocycles. The van der Waals surface area contributed by atoms with Gasteiger partial charge in [-0.15, -0.1) is 12.4 Å². The lowest BCUT2D eigenvalue weighted by Gasteiger charge is -2.31. The molecule has 1 heterocycles. The summed E-state index contributed by atoms with van der Waals surface area (Å²) in [5.41, 5.74) is 3.30. The summed E-state index contributed by atoms with van der Waals surface area (Å²) in [7, 11) is 0. The first-order chi connectivity index (χ1) is 14.1. The number of halogens is 2. The third-order valence-corrected chi connectivity index (χ3v) is 6.10. The van der Waals surface area contributed by atoms with Gasteiger partial charge < -0.3 is 10.1 Å². The van der Waals surface area contributed by atoms with Crippen LogP contribution in [0.3, 0.4) is 0 Å². The van der Waals surface area contributed by atoms with Crippen molar-refractivity contribution in [2.75, 3.05) is 26.2 Å². The van der Waals surface area contributed by atoms with Gasteiger partial charge in [-0.25, -0.2) is 0 Å². The van der Waals surface area contributed by atoms with Crippen molar-refractivity contribution in [2.24, 2.45) is 0 Å². The van der Waals surface area contributed by atoms with Crippen molar-refractivity contribution in [3.63, 3.8) is 0 Å². The third-order valence-electron chi connectivity index (χ3n) is 5.75. The number of rotatable bonds is 7. The molecule has 1 unspecified atom stereocenters. The van der Waals surface area contributed by atoms with Crippen molar-refractivity contribution >= 4 is 29.9 Å². The quantitative estimate of drug-likeness (QED) is 0.605. The monoisotopic (exact) mass is 450 g/mol. The molecule has 6 heteroatoms. The number of hydrogen-bond donors (Lipinski definition) is 1. The molecule has 0 spiro atoms. The number of amides is 1. The molecular weight excluding hydrogens is 419 g/mol. The maximum Gasteiger partial charge on any atom is 0.258 e. The molecule has 30 heavy (non-hydrogen) atoms. The molecular formula is C24H32Cl2N2O2. The molecule has 1 N–H and O–H groups in total. The van der Waals surface area contributed by atoms with Crippen molar-refractivity contribution in [1.82, 2.24) is 10.2 Å². The van der Waals surface area contributed by atoms with E-state index in [-0.39, 0.29) is 31.0 Å². The average molecular weight is 451 g/mol. The highest BCUT2D eigenvalue weighted by Gasteiger charge is 2.24. The lowest BCUT2D eigenvalue weighted by atomic mass is 10.0. The van der Waals surface area contributed by atoms with E-state index >= 15 is 0 Å². The van der Waals surface area contributed by atoms with Crippen LogP contribution in [0.4, 0.5) is 0 Å². The van der Waals surface area contributed by atoms with E-state index in [0.29, 0.717) is 6.54 Å².